The Bertz CT molecular complexity index is 1060. The van der Waals surface area contributed by atoms with E-state index < -0.39 is 5.97 Å². The summed E-state index contributed by atoms with van der Waals surface area (Å²) in [6.45, 7) is 1.22. The number of fused-ring (bicyclic) bond motifs is 1. The van der Waals surface area contributed by atoms with Crippen LogP contribution in [0.15, 0.2) is 65.8 Å². The average molecular weight is 453 g/mol. The average Bonchev–Trinajstić information content (AvgIpc) is 3.31. The van der Waals surface area contributed by atoms with Gasteiger partial charge in [-0.1, -0.05) is 30.3 Å². The molecule has 9 heteroatoms. The van der Waals surface area contributed by atoms with E-state index in [-0.39, 0.29) is 24.2 Å². The second-order valence-corrected chi connectivity index (χ2v) is 8.57. The van der Waals surface area contributed by atoms with Gasteiger partial charge in [-0.15, -0.1) is 11.8 Å². The number of hydrogen-bond donors (Lipinski definition) is 3. The predicted octanol–water partition coefficient (Wildman–Crippen LogP) is 3.95. The van der Waals surface area contributed by atoms with Gasteiger partial charge in [0, 0.05) is 35.6 Å². The van der Waals surface area contributed by atoms with Crippen LogP contribution in [0.3, 0.4) is 0 Å². The molecule has 32 heavy (non-hydrogen) atoms. The maximum Gasteiger partial charge on any atom is 0.304 e. The van der Waals surface area contributed by atoms with E-state index in [1.165, 1.54) is 11.8 Å². The SMILES string of the molecule is O=C(O)CC(Sc1ccc2c(c1)OCC(=O)N2CCCNc1ncc[nH]1)c1ccccc1. The fourth-order valence-electron chi connectivity index (χ4n) is 3.53. The third kappa shape index (κ3) is 5.42. The van der Waals surface area contributed by atoms with Gasteiger partial charge in [0.05, 0.1) is 12.1 Å². The number of H-pyrrole nitrogens is 1. The monoisotopic (exact) mass is 452 g/mol. The molecular weight excluding hydrogens is 428 g/mol. The zero-order valence-electron chi connectivity index (χ0n) is 17.4. The largest absolute Gasteiger partial charge is 0.482 e. The number of benzene rings is 2. The normalized spacial score (nSPS) is 13.9. The Morgan fingerprint density at radius 2 is 2.12 bits per heavy atom. The van der Waals surface area contributed by atoms with E-state index >= 15 is 0 Å². The standard InChI is InChI=1S/C23H24N4O4S/c28-21-15-31-19-13-17(32-20(14-22(29)30)16-5-2-1-3-6-16)7-8-18(19)27(21)12-4-9-24-23-25-10-11-26-23/h1-3,5-8,10-11,13,20H,4,9,12,14-15H2,(H,29,30)(H2,24,25,26). The second kappa shape index (κ2) is 10.2. The number of aromatic amines is 1. The van der Waals surface area contributed by atoms with Crippen molar-refractivity contribution in [2.24, 2.45) is 0 Å². The Hall–Kier alpha value is -3.46. The first-order valence-electron chi connectivity index (χ1n) is 10.3. The Morgan fingerprint density at radius 3 is 2.88 bits per heavy atom. The summed E-state index contributed by atoms with van der Waals surface area (Å²) < 4.78 is 5.69. The maximum absolute atomic E-state index is 12.4. The number of aliphatic carboxylic acids is 1. The molecule has 1 aliphatic heterocycles. The number of carbonyl (C=O) groups is 2. The first-order chi connectivity index (χ1) is 15.6. The van der Waals surface area contributed by atoms with Gasteiger partial charge in [0.25, 0.3) is 5.91 Å². The van der Waals surface area contributed by atoms with Crippen molar-refractivity contribution in [2.75, 3.05) is 29.9 Å². The lowest BCUT2D eigenvalue weighted by molar-refractivity contribution is -0.137. The fraction of sp³-hybridized carbons (Fsp3) is 0.261. The van der Waals surface area contributed by atoms with Crippen LogP contribution in [0.1, 0.15) is 23.7 Å². The smallest absolute Gasteiger partial charge is 0.304 e. The van der Waals surface area contributed by atoms with E-state index in [2.05, 4.69) is 15.3 Å². The molecule has 1 amide bonds. The number of aromatic nitrogens is 2. The van der Waals surface area contributed by atoms with Crippen LogP contribution in [0.4, 0.5) is 11.6 Å². The van der Waals surface area contributed by atoms with Crippen molar-refractivity contribution in [3.8, 4) is 5.75 Å². The molecule has 0 fully saturated rings. The zero-order chi connectivity index (χ0) is 22.3. The predicted molar refractivity (Wildman–Crippen MR) is 123 cm³/mol. The van der Waals surface area contributed by atoms with E-state index in [4.69, 9.17) is 4.74 Å². The lowest BCUT2D eigenvalue weighted by Gasteiger charge is -2.30. The summed E-state index contributed by atoms with van der Waals surface area (Å²) in [4.78, 5) is 33.6. The Balaban J connectivity index is 1.44. The van der Waals surface area contributed by atoms with Gasteiger partial charge in [0.2, 0.25) is 0 Å². The highest BCUT2D eigenvalue weighted by molar-refractivity contribution is 7.99. The molecule has 3 N–H and O–H groups in total. The highest BCUT2D eigenvalue weighted by Crippen LogP contribution is 2.42. The van der Waals surface area contributed by atoms with Crippen LogP contribution in [-0.4, -0.2) is 46.6 Å². The van der Waals surface area contributed by atoms with Gasteiger partial charge >= 0.3 is 5.97 Å². The fourth-order valence-corrected chi connectivity index (χ4v) is 4.70. The molecule has 166 valence electrons. The summed E-state index contributed by atoms with van der Waals surface area (Å²) in [5.41, 5.74) is 1.69. The van der Waals surface area contributed by atoms with Gasteiger partial charge in [0.15, 0.2) is 12.6 Å². The third-order valence-electron chi connectivity index (χ3n) is 5.03. The Labute approximate surface area is 190 Å². The first kappa shape index (κ1) is 21.8. The highest BCUT2D eigenvalue weighted by Gasteiger charge is 2.26. The topological polar surface area (TPSA) is 108 Å². The van der Waals surface area contributed by atoms with Crippen molar-refractivity contribution in [1.29, 1.82) is 0 Å². The molecule has 1 aliphatic rings. The number of rotatable bonds is 10. The highest BCUT2D eigenvalue weighted by atomic mass is 32.2. The number of thioether (sulfide) groups is 1. The van der Waals surface area contributed by atoms with Crippen molar-refractivity contribution in [3.05, 3.63) is 66.5 Å². The molecular formula is C23H24N4O4S. The molecule has 2 heterocycles. The van der Waals surface area contributed by atoms with Crippen LogP contribution in [-0.2, 0) is 9.59 Å². The van der Waals surface area contributed by atoms with Gasteiger partial charge in [-0.3, -0.25) is 9.59 Å². The number of ether oxygens (including phenoxy) is 1. The van der Waals surface area contributed by atoms with E-state index in [0.717, 1.165) is 22.6 Å². The second-order valence-electron chi connectivity index (χ2n) is 7.30. The number of nitrogens with one attached hydrogen (secondary N) is 2. The molecule has 4 rings (SSSR count). The molecule has 0 saturated carbocycles. The molecule has 3 aromatic rings. The van der Waals surface area contributed by atoms with Crippen LogP contribution in [0.5, 0.6) is 5.75 Å². The van der Waals surface area contributed by atoms with Crippen molar-refractivity contribution in [1.82, 2.24) is 9.97 Å². The van der Waals surface area contributed by atoms with Gasteiger partial charge in [0.1, 0.15) is 5.75 Å². The third-order valence-corrected chi connectivity index (χ3v) is 6.28. The van der Waals surface area contributed by atoms with Crippen LogP contribution in [0, 0.1) is 0 Å². The zero-order valence-corrected chi connectivity index (χ0v) is 18.2. The molecule has 8 nitrogen and oxygen atoms in total. The van der Waals surface area contributed by atoms with Crippen LogP contribution < -0.4 is 15.0 Å². The lowest BCUT2D eigenvalue weighted by atomic mass is 10.1. The number of carboxylic acid groups (broad SMARTS) is 1. The summed E-state index contributed by atoms with van der Waals surface area (Å²) in [6.07, 6.45) is 4.19. The van der Waals surface area contributed by atoms with Crippen molar-refractivity contribution < 1.29 is 19.4 Å². The number of hydrogen-bond acceptors (Lipinski definition) is 6. The molecule has 1 aromatic heterocycles. The molecule has 0 bridgehead atoms. The van der Waals surface area contributed by atoms with E-state index in [9.17, 15) is 14.7 Å². The Morgan fingerprint density at radius 1 is 1.28 bits per heavy atom. The molecule has 0 radical (unpaired) electrons. The van der Waals surface area contributed by atoms with Gasteiger partial charge in [-0.05, 0) is 30.2 Å². The van der Waals surface area contributed by atoms with Crippen LogP contribution in [0.25, 0.3) is 0 Å². The van der Waals surface area contributed by atoms with E-state index in [1.807, 2.05) is 48.5 Å². The van der Waals surface area contributed by atoms with Crippen LogP contribution in [0.2, 0.25) is 0 Å². The van der Waals surface area contributed by atoms with Gasteiger partial charge in [-0.2, -0.15) is 0 Å². The first-order valence-corrected chi connectivity index (χ1v) is 11.2. The summed E-state index contributed by atoms with van der Waals surface area (Å²) in [5.74, 6) is 0.412. The quantitative estimate of drug-likeness (QED) is 0.316. The number of anilines is 2. The minimum Gasteiger partial charge on any atom is -0.482 e. The molecule has 1 unspecified atom stereocenters. The summed E-state index contributed by atoms with van der Waals surface area (Å²) in [5, 5.41) is 12.3. The van der Waals surface area contributed by atoms with Crippen molar-refractivity contribution in [3.63, 3.8) is 0 Å². The van der Waals surface area contributed by atoms with E-state index in [0.29, 0.717) is 24.8 Å². The van der Waals surface area contributed by atoms with Crippen LogP contribution >= 0.6 is 11.8 Å². The van der Waals surface area contributed by atoms with Crippen molar-refractivity contribution >= 4 is 35.3 Å². The minimum absolute atomic E-state index is 0.00995. The van der Waals surface area contributed by atoms with Gasteiger partial charge < -0.3 is 25.0 Å². The molecule has 0 saturated heterocycles. The molecule has 0 spiro atoms. The summed E-state index contributed by atoms with van der Waals surface area (Å²) in [6, 6.07) is 15.3. The number of nitrogens with zero attached hydrogens (tertiary/aromatic N) is 2. The number of amides is 1. The molecule has 1 atom stereocenters. The number of imidazole rings is 1. The molecule has 0 aliphatic carbocycles. The summed E-state index contributed by atoms with van der Waals surface area (Å²) in [7, 11) is 0. The summed E-state index contributed by atoms with van der Waals surface area (Å²) >= 11 is 1.48. The number of carboxylic acids is 1. The Kier molecular flexibility index (Phi) is 6.96. The van der Waals surface area contributed by atoms with Gasteiger partial charge in [-0.25, -0.2) is 4.98 Å². The number of carbonyl (C=O) groups excluding carboxylic acids is 1. The minimum atomic E-state index is -0.847. The molecule has 2 aromatic carbocycles. The van der Waals surface area contributed by atoms with E-state index in [1.54, 1.807) is 17.3 Å². The maximum atomic E-state index is 12.4. The lowest BCUT2D eigenvalue weighted by Crippen LogP contribution is -2.39. The van der Waals surface area contributed by atoms with Crippen molar-refractivity contribution in [2.45, 2.75) is 23.0 Å².